The van der Waals surface area contributed by atoms with Crippen molar-refractivity contribution in [2.75, 3.05) is 12.4 Å². The van der Waals surface area contributed by atoms with E-state index in [0.717, 1.165) is 0 Å². The molecule has 0 radical (unpaired) electrons. The van der Waals surface area contributed by atoms with E-state index >= 15 is 0 Å². The summed E-state index contributed by atoms with van der Waals surface area (Å²) in [5.41, 5.74) is 0.647. The number of nitrogens with zero attached hydrogens (tertiary/aromatic N) is 1. The highest BCUT2D eigenvalue weighted by Gasteiger charge is 2.62. The van der Waals surface area contributed by atoms with Crippen molar-refractivity contribution in [3.05, 3.63) is 46.2 Å². The van der Waals surface area contributed by atoms with E-state index < -0.39 is 11.7 Å². The molecular formula is C22H22Cl2N2O6. The van der Waals surface area contributed by atoms with Crippen LogP contribution in [0.15, 0.2) is 30.6 Å². The second-order valence-electron chi connectivity index (χ2n) is 8.39. The van der Waals surface area contributed by atoms with Crippen LogP contribution in [0.1, 0.15) is 30.6 Å². The predicted molar refractivity (Wildman–Crippen MR) is 117 cm³/mol. The molecule has 3 aliphatic rings. The third kappa shape index (κ3) is 3.80. The Balaban J connectivity index is 1.35. The van der Waals surface area contributed by atoms with Crippen LogP contribution in [0.2, 0.25) is 10.0 Å². The molecule has 32 heavy (non-hydrogen) atoms. The number of ether oxygens (including phenoxy) is 5. The van der Waals surface area contributed by atoms with Crippen molar-refractivity contribution < 1.29 is 28.5 Å². The van der Waals surface area contributed by atoms with Crippen LogP contribution in [0.3, 0.4) is 0 Å². The molecule has 5 unspecified atom stereocenters. The maximum atomic E-state index is 12.8. The minimum atomic E-state index is -0.643. The van der Waals surface area contributed by atoms with Gasteiger partial charge >= 0.3 is 0 Å². The average Bonchev–Trinajstić information content (AvgIpc) is 3.39. The van der Waals surface area contributed by atoms with E-state index in [1.165, 1.54) is 12.4 Å². The number of benzene rings is 1. The summed E-state index contributed by atoms with van der Waals surface area (Å²) in [6, 6.07) is 4.93. The number of carbonyl (C=O) groups excluding carboxylic acids is 1. The summed E-state index contributed by atoms with van der Waals surface area (Å²) >= 11 is 12.2. The molecule has 8 nitrogen and oxygen atoms in total. The lowest BCUT2D eigenvalue weighted by Crippen LogP contribution is -2.44. The molecule has 4 heterocycles. The van der Waals surface area contributed by atoms with Gasteiger partial charge in [0.1, 0.15) is 24.4 Å². The Labute approximate surface area is 195 Å². The Morgan fingerprint density at radius 3 is 2.56 bits per heavy atom. The molecule has 3 aliphatic heterocycles. The third-order valence-electron chi connectivity index (χ3n) is 5.81. The Kier molecular flexibility index (Phi) is 5.46. The second-order valence-corrected chi connectivity index (χ2v) is 9.21. The molecule has 170 valence electrons. The van der Waals surface area contributed by atoms with Gasteiger partial charge in [-0.1, -0.05) is 23.2 Å². The van der Waals surface area contributed by atoms with Crippen molar-refractivity contribution >= 4 is 34.8 Å². The summed E-state index contributed by atoms with van der Waals surface area (Å²) in [5, 5.41) is 3.20. The van der Waals surface area contributed by atoms with Crippen LogP contribution in [0.25, 0.3) is 0 Å². The number of pyridine rings is 1. The molecule has 2 bridgehead atoms. The topological polar surface area (TPSA) is 88.1 Å². The van der Waals surface area contributed by atoms with Gasteiger partial charge in [-0.3, -0.25) is 9.78 Å². The Hall–Kier alpha value is -2.10. The van der Waals surface area contributed by atoms with Gasteiger partial charge in [0.2, 0.25) is 0 Å². The summed E-state index contributed by atoms with van der Waals surface area (Å²) in [7, 11) is 1.54. The number of anilines is 1. The fourth-order valence-corrected chi connectivity index (χ4v) is 4.93. The van der Waals surface area contributed by atoms with Gasteiger partial charge in [0, 0.05) is 24.4 Å². The van der Waals surface area contributed by atoms with Gasteiger partial charge in [-0.25, -0.2) is 0 Å². The first-order chi connectivity index (χ1) is 15.3. The number of hydrogen-bond acceptors (Lipinski definition) is 7. The summed E-state index contributed by atoms with van der Waals surface area (Å²) in [6.07, 6.45) is 2.58. The smallest absolute Gasteiger partial charge is 0.255 e. The van der Waals surface area contributed by atoms with Gasteiger partial charge in [0.15, 0.2) is 17.3 Å². The number of nitrogens with one attached hydrogen (secondary N) is 1. The van der Waals surface area contributed by atoms with Crippen molar-refractivity contribution in [2.24, 2.45) is 0 Å². The molecule has 0 aliphatic carbocycles. The van der Waals surface area contributed by atoms with Gasteiger partial charge in [-0.2, -0.15) is 0 Å². The maximum Gasteiger partial charge on any atom is 0.255 e. The van der Waals surface area contributed by atoms with E-state index in [0.29, 0.717) is 29.2 Å². The summed E-state index contributed by atoms with van der Waals surface area (Å²) < 4.78 is 29.8. The van der Waals surface area contributed by atoms with E-state index in [1.54, 1.807) is 25.3 Å². The first-order valence-corrected chi connectivity index (χ1v) is 11.0. The van der Waals surface area contributed by atoms with Gasteiger partial charge in [-0.15, -0.1) is 0 Å². The van der Waals surface area contributed by atoms with Crippen LogP contribution in [0, 0.1) is 0 Å². The molecule has 1 amide bonds. The normalized spacial score (nSPS) is 29.6. The molecule has 0 spiro atoms. The minimum absolute atomic E-state index is 0.0924. The zero-order valence-corrected chi connectivity index (χ0v) is 19.1. The highest BCUT2D eigenvalue weighted by molar-refractivity contribution is 6.39. The lowest BCUT2D eigenvalue weighted by Gasteiger charge is -2.27. The summed E-state index contributed by atoms with van der Waals surface area (Å²) in [6.45, 7) is 3.79. The fraction of sp³-hybridized carbons (Fsp3) is 0.455. The standard InChI is InChI=1S/C22H22Cl2N2O6/c1-22(2)31-19-16-7-15(18(30-16)20(19)32-22)29-14-6-10(4-5-13(14)28-3)21(27)26-17-11(23)8-25-9-12(17)24/h4-6,8-9,15-16,18-20H,7H2,1-3H3,(H,25,26,27). The first kappa shape index (κ1) is 21.7. The molecule has 2 aromatic rings. The first-order valence-electron chi connectivity index (χ1n) is 10.2. The van der Waals surface area contributed by atoms with E-state index in [-0.39, 0.29) is 40.6 Å². The lowest BCUT2D eigenvalue weighted by atomic mass is 9.92. The van der Waals surface area contributed by atoms with Crippen molar-refractivity contribution in [3.63, 3.8) is 0 Å². The number of carbonyl (C=O) groups is 1. The Morgan fingerprint density at radius 1 is 1.12 bits per heavy atom. The number of halogens is 2. The maximum absolute atomic E-state index is 12.8. The van der Waals surface area contributed by atoms with Gasteiger partial charge in [0.25, 0.3) is 5.91 Å². The zero-order valence-electron chi connectivity index (χ0n) is 17.6. The molecule has 1 aromatic heterocycles. The number of methoxy groups -OCH3 is 1. The van der Waals surface area contributed by atoms with Crippen molar-refractivity contribution in [1.82, 2.24) is 4.98 Å². The van der Waals surface area contributed by atoms with E-state index in [9.17, 15) is 4.79 Å². The molecular weight excluding hydrogens is 459 g/mol. The SMILES string of the molecule is COc1ccc(C(=O)Nc2c(Cl)cncc2Cl)cc1OC1CC2OC1C1OC(C)(C)OC21. The van der Waals surface area contributed by atoms with Crippen molar-refractivity contribution in [3.8, 4) is 11.5 Å². The quantitative estimate of drug-likeness (QED) is 0.689. The third-order valence-corrected chi connectivity index (χ3v) is 6.39. The highest BCUT2D eigenvalue weighted by atomic mass is 35.5. The van der Waals surface area contributed by atoms with Crippen LogP contribution in [0.5, 0.6) is 11.5 Å². The van der Waals surface area contributed by atoms with E-state index in [4.69, 9.17) is 46.9 Å². The van der Waals surface area contributed by atoms with E-state index in [2.05, 4.69) is 10.3 Å². The lowest BCUT2D eigenvalue weighted by molar-refractivity contribution is -0.179. The molecule has 0 saturated carbocycles. The molecule has 3 saturated heterocycles. The van der Waals surface area contributed by atoms with Crippen LogP contribution >= 0.6 is 23.2 Å². The second kappa shape index (κ2) is 8.04. The van der Waals surface area contributed by atoms with Crippen molar-refractivity contribution in [1.29, 1.82) is 0 Å². The zero-order chi connectivity index (χ0) is 22.6. The molecule has 3 fully saturated rings. The average molecular weight is 481 g/mol. The van der Waals surface area contributed by atoms with Crippen LogP contribution in [0.4, 0.5) is 5.69 Å². The predicted octanol–water partition coefficient (Wildman–Crippen LogP) is 4.09. The molecule has 10 heteroatoms. The number of rotatable bonds is 5. The molecule has 1 N–H and O–H groups in total. The van der Waals surface area contributed by atoms with E-state index in [1.807, 2.05) is 13.8 Å². The van der Waals surface area contributed by atoms with Crippen LogP contribution in [-0.4, -0.2) is 54.3 Å². The molecule has 5 atom stereocenters. The molecule has 5 rings (SSSR count). The fourth-order valence-electron chi connectivity index (χ4n) is 4.47. The Morgan fingerprint density at radius 2 is 1.84 bits per heavy atom. The number of hydrogen-bond donors (Lipinski definition) is 1. The monoisotopic (exact) mass is 480 g/mol. The van der Waals surface area contributed by atoms with Crippen molar-refractivity contribution in [2.45, 2.75) is 56.6 Å². The minimum Gasteiger partial charge on any atom is -0.493 e. The summed E-state index contributed by atoms with van der Waals surface area (Å²) in [5.74, 6) is -0.103. The van der Waals surface area contributed by atoms with Gasteiger partial charge < -0.3 is 29.0 Å². The molecule has 1 aromatic carbocycles. The van der Waals surface area contributed by atoms with Crippen LogP contribution < -0.4 is 14.8 Å². The number of aromatic nitrogens is 1. The van der Waals surface area contributed by atoms with Crippen LogP contribution in [-0.2, 0) is 14.2 Å². The number of amides is 1. The van der Waals surface area contributed by atoms with Gasteiger partial charge in [-0.05, 0) is 32.0 Å². The Bertz CT molecular complexity index is 1040. The van der Waals surface area contributed by atoms with Gasteiger partial charge in [0.05, 0.1) is 28.9 Å². The number of fused-ring (bicyclic) bond motifs is 5. The largest absolute Gasteiger partial charge is 0.493 e. The summed E-state index contributed by atoms with van der Waals surface area (Å²) in [4.78, 5) is 16.7. The highest BCUT2D eigenvalue weighted by Crippen LogP contribution is 2.47.